The third-order valence-corrected chi connectivity index (χ3v) is 3.69. The van der Waals surface area contributed by atoms with Crippen LogP contribution < -0.4 is 5.32 Å². The highest BCUT2D eigenvalue weighted by Crippen LogP contribution is 2.30. The Labute approximate surface area is 127 Å². The number of nitrogens with one attached hydrogen (secondary N) is 1. The number of rotatable bonds is 2. The predicted octanol–water partition coefficient (Wildman–Crippen LogP) is 5.48. The van der Waals surface area contributed by atoms with Crippen LogP contribution in [0.5, 0.6) is 0 Å². The molecule has 2 nitrogen and oxygen atoms in total. The van der Waals surface area contributed by atoms with Gasteiger partial charge in [0.2, 0.25) is 0 Å². The van der Waals surface area contributed by atoms with Gasteiger partial charge in [-0.2, -0.15) is 5.26 Å². The second-order valence-electron chi connectivity index (χ2n) is 3.55. The molecule has 2 aromatic rings. The maximum absolute atomic E-state index is 9.07. The maximum atomic E-state index is 9.07. The average Bonchev–Trinajstić information content (AvgIpc) is 2.34. The molecule has 18 heavy (non-hydrogen) atoms. The lowest BCUT2D eigenvalue weighted by molar-refractivity contribution is 1.45. The summed E-state index contributed by atoms with van der Waals surface area (Å²) in [6.45, 7) is 0. The van der Waals surface area contributed by atoms with E-state index in [1.165, 1.54) is 0 Å². The van der Waals surface area contributed by atoms with Crippen molar-refractivity contribution in [1.29, 1.82) is 5.26 Å². The highest BCUT2D eigenvalue weighted by Gasteiger charge is 2.06. The van der Waals surface area contributed by atoms with Gasteiger partial charge in [0.1, 0.15) is 6.07 Å². The second-order valence-corrected chi connectivity index (χ2v) is 5.76. The number of halogens is 3. The minimum absolute atomic E-state index is 0.511. The molecule has 0 aliphatic heterocycles. The van der Waals surface area contributed by atoms with Gasteiger partial charge in [-0.1, -0.05) is 27.5 Å². The van der Waals surface area contributed by atoms with E-state index >= 15 is 0 Å². The molecular weight excluding hydrogens is 379 g/mol. The number of nitriles is 1. The molecule has 1 N–H and O–H groups in total. The Balaban J connectivity index is 2.37. The van der Waals surface area contributed by atoms with Crippen molar-refractivity contribution in [2.75, 3.05) is 5.32 Å². The summed E-state index contributed by atoms with van der Waals surface area (Å²) in [4.78, 5) is 0. The van der Waals surface area contributed by atoms with Gasteiger partial charge in [0, 0.05) is 14.0 Å². The van der Waals surface area contributed by atoms with Gasteiger partial charge < -0.3 is 5.32 Å². The summed E-state index contributed by atoms with van der Waals surface area (Å²) in [5.74, 6) is 0. The summed E-state index contributed by atoms with van der Waals surface area (Å²) < 4.78 is 1.90. The van der Waals surface area contributed by atoms with Crippen LogP contribution in [-0.4, -0.2) is 0 Å². The van der Waals surface area contributed by atoms with Crippen LogP contribution >= 0.6 is 43.5 Å². The smallest absolute Gasteiger partial charge is 0.101 e. The van der Waals surface area contributed by atoms with Gasteiger partial charge in [-0.25, -0.2) is 0 Å². The molecule has 0 aliphatic rings. The van der Waals surface area contributed by atoms with Crippen LogP contribution in [0.15, 0.2) is 45.3 Å². The number of benzene rings is 2. The molecule has 90 valence electrons. The van der Waals surface area contributed by atoms with Crippen LogP contribution in [0.4, 0.5) is 11.4 Å². The molecule has 0 radical (unpaired) electrons. The van der Waals surface area contributed by atoms with E-state index < -0.39 is 0 Å². The SMILES string of the molecule is N#Cc1cc(Cl)ccc1Nc1ccc(Br)cc1Br. The molecule has 0 aromatic heterocycles. The lowest BCUT2D eigenvalue weighted by atomic mass is 10.2. The molecule has 2 aromatic carbocycles. The summed E-state index contributed by atoms with van der Waals surface area (Å²) in [5, 5.41) is 12.8. The van der Waals surface area contributed by atoms with E-state index in [2.05, 4.69) is 43.2 Å². The molecule has 0 bridgehead atoms. The van der Waals surface area contributed by atoms with Gasteiger partial charge in [0.15, 0.2) is 0 Å². The Morgan fingerprint density at radius 3 is 2.44 bits per heavy atom. The molecule has 0 saturated carbocycles. The highest BCUT2D eigenvalue weighted by atomic mass is 79.9. The normalized spacial score (nSPS) is 9.89. The first-order valence-electron chi connectivity index (χ1n) is 5.02. The molecule has 0 aliphatic carbocycles. The Bertz CT molecular complexity index is 635. The van der Waals surface area contributed by atoms with E-state index in [1.54, 1.807) is 18.2 Å². The van der Waals surface area contributed by atoms with Crippen molar-refractivity contribution in [2.24, 2.45) is 0 Å². The average molecular weight is 386 g/mol. The minimum Gasteiger partial charge on any atom is -0.354 e. The first-order valence-corrected chi connectivity index (χ1v) is 6.98. The van der Waals surface area contributed by atoms with Crippen LogP contribution in [0.2, 0.25) is 5.02 Å². The van der Waals surface area contributed by atoms with Crippen molar-refractivity contribution in [3.05, 3.63) is 55.9 Å². The standard InChI is InChI=1S/C13H7Br2ClN2/c14-9-1-3-13(11(15)6-9)18-12-4-2-10(16)5-8(12)7-17/h1-6,18H. The second kappa shape index (κ2) is 5.75. The largest absolute Gasteiger partial charge is 0.354 e. The fourth-order valence-corrected chi connectivity index (χ4v) is 2.77. The highest BCUT2D eigenvalue weighted by molar-refractivity contribution is 9.11. The van der Waals surface area contributed by atoms with Crippen LogP contribution in [0.25, 0.3) is 0 Å². The van der Waals surface area contributed by atoms with Crippen molar-refractivity contribution < 1.29 is 0 Å². The Hall–Kier alpha value is -1.02. The first kappa shape index (κ1) is 13.4. The molecule has 0 fully saturated rings. The van der Waals surface area contributed by atoms with Gasteiger partial charge >= 0.3 is 0 Å². The van der Waals surface area contributed by atoms with Gasteiger partial charge in [-0.3, -0.25) is 0 Å². The van der Waals surface area contributed by atoms with Crippen LogP contribution in [0.3, 0.4) is 0 Å². The molecule has 0 atom stereocenters. The summed E-state index contributed by atoms with van der Waals surface area (Å²) in [5.41, 5.74) is 2.12. The van der Waals surface area contributed by atoms with Crippen molar-refractivity contribution >= 4 is 54.8 Å². The number of nitrogens with zero attached hydrogens (tertiary/aromatic N) is 1. The van der Waals surface area contributed by atoms with E-state index in [4.69, 9.17) is 16.9 Å². The monoisotopic (exact) mass is 384 g/mol. The first-order chi connectivity index (χ1) is 8.60. The van der Waals surface area contributed by atoms with Crippen molar-refractivity contribution in [2.45, 2.75) is 0 Å². The maximum Gasteiger partial charge on any atom is 0.101 e. The lowest BCUT2D eigenvalue weighted by Crippen LogP contribution is -1.94. The van der Waals surface area contributed by atoms with Crippen LogP contribution in [-0.2, 0) is 0 Å². The zero-order valence-corrected chi connectivity index (χ0v) is 13.0. The lowest BCUT2D eigenvalue weighted by Gasteiger charge is -2.10. The zero-order valence-electron chi connectivity index (χ0n) is 9.05. The van der Waals surface area contributed by atoms with Crippen LogP contribution in [0.1, 0.15) is 5.56 Å². The molecule has 0 heterocycles. The molecule has 0 saturated heterocycles. The van der Waals surface area contributed by atoms with Gasteiger partial charge in [0.05, 0.1) is 16.9 Å². The zero-order chi connectivity index (χ0) is 13.1. The molecular formula is C13H7Br2ClN2. The van der Waals surface area contributed by atoms with E-state index in [-0.39, 0.29) is 0 Å². The van der Waals surface area contributed by atoms with E-state index in [0.717, 1.165) is 20.3 Å². The molecule has 5 heteroatoms. The summed E-state index contributed by atoms with van der Waals surface area (Å²) in [6, 6.07) is 13.1. The summed E-state index contributed by atoms with van der Waals surface area (Å²) in [7, 11) is 0. The van der Waals surface area contributed by atoms with E-state index in [9.17, 15) is 0 Å². The number of hydrogen-bond donors (Lipinski definition) is 1. The molecule has 0 spiro atoms. The summed E-state index contributed by atoms with van der Waals surface area (Å²) >= 11 is 12.7. The quantitative estimate of drug-likeness (QED) is 0.742. The van der Waals surface area contributed by atoms with E-state index in [0.29, 0.717) is 10.6 Å². The Kier molecular flexibility index (Phi) is 4.28. The predicted molar refractivity (Wildman–Crippen MR) is 81.3 cm³/mol. The topological polar surface area (TPSA) is 35.8 Å². The van der Waals surface area contributed by atoms with Crippen molar-refractivity contribution in [3.63, 3.8) is 0 Å². The minimum atomic E-state index is 0.511. The third-order valence-electron chi connectivity index (χ3n) is 2.30. The van der Waals surface area contributed by atoms with Crippen molar-refractivity contribution in [1.82, 2.24) is 0 Å². The van der Waals surface area contributed by atoms with Gasteiger partial charge in [-0.15, -0.1) is 0 Å². The third kappa shape index (κ3) is 3.05. The molecule has 2 rings (SSSR count). The van der Waals surface area contributed by atoms with Gasteiger partial charge in [-0.05, 0) is 52.3 Å². The number of anilines is 2. The Morgan fingerprint density at radius 1 is 1.06 bits per heavy atom. The van der Waals surface area contributed by atoms with E-state index in [1.807, 2.05) is 18.2 Å². The van der Waals surface area contributed by atoms with Gasteiger partial charge in [0.25, 0.3) is 0 Å². The molecule has 0 amide bonds. The molecule has 0 unspecified atom stereocenters. The van der Waals surface area contributed by atoms with Crippen LogP contribution in [0, 0.1) is 11.3 Å². The fourth-order valence-electron chi connectivity index (χ4n) is 1.45. The van der Waals surface area contributed by atoms with Crippen molar-refractivity contribution in [3.8, 4) is 6.07 Å². The Morgan fingerprint density at radius 2 is 1.78 bits per heavy atom. The number of hydrogen-bond acceptors (Lipinski definition) is 2. The fraction of sp³-hybridized carbons (Fsp3) is 0. The summed E-state index contributed by atoms with van der Waals surface area (Å²) in [6.07, 6.45) is 0.